The molecule has 0 aromatic heterocycles. The lowest BCUT2D eigenvalue weighted by atomic mass is 9.95. The van der Waals surface area contributed by atoms with E-state index in [1.165, 1.54) is 11.4 Å². The van der Waals surface area contributed by atoms with Gasteiger partial charge in [0.25, 0.3) is 15.9 Å². The Hall–Kier alpha value is -2.86. The van der Waals surface area contributed by atoms with Gasteiger partial charge in [-0.25, -0.2) is 8.42 Å². The molecule has 1 aliphatic heterocycles. The normalized spacial score (nSPS) is 18.1. The van der Waals surface area contributed by atoms with Crippen molar-refractivity contribution in [2.75, 3.05) is 17.9 Å². The van der Waals surface area contributed by atoms with E-state index >= 15 is 0 Å². The Morgan fingerprint density at radius 3 is 2.48 bits per heavy atom. The molecule has 29 heavy (non-hydrogen) atoms. The minimum absolute atomic E-state index is 0.193. The highest BCUT2D eigenvalue weighted by molar-refractivity contribution is 7.97. The number of hydrogen-bond donors (Lipinski definition) is 1. The Morgan fingerprint density at radius 2 is 1.76 bits per heavy atom. The molecule has 0 fully saturated rings. The number of benzene rings is 2. The zero-order valence-electron chi connectivity index (χ0n) is 16.4. The minimum atomic E-state index is -3.98. The molecule has 150 valence electrons. The first-order valence-electron chi connectivity index (χ1n) is 9.84. The molecule has 0 spiro atoms. The maximum atomic E-state index is 13.3. The number of nitrogens with zero attached hydrogens (tertiary/aromatic N) is 1. The van der Waals surface area contributed by atoms with Crippen molar-refractivity contribution in [3.05, 3.63) is 82.3 Å². The van der Waals surface area contributed by atoms with Crippen molar-refractivity contribution in [2.45, 2.75) is 25.7 Å². The van der Waals surface area contributed by atoms with Crippen LogP contribution in [-0.4, -0.2) is 27.9 Å². The van der Waals surface area contributed by atoms with E-state index in [9.17, 15) is 13.2 Å². The van der Waals surface area contributed by atoms with E-state index in [4.69, 9.17) is 0 Å². The lowest BCUT2D eigenvalue weighted by Gasteiger charge is -2.31. The van der Waals surface area contributed by atoms with E-state index in [-0.39, 0.29) is 4.91 Å². The first-order chi connectivity index (χ1) is 14.0. The summed E-state index contributed by atoms with van der Waals surface area (Å²) in [4.78, 5) is 13.0. The van der Waals surface area contributed by atoms with Gasteiger partial charge in [-0.3, -0.25) is 9.10 Å². The fraction of sp³-hybridized carbons (Fsp3) is 0.261. The van der Waals surface area contributed by atoms with Crippen LogP contribution < -0.4 is 9.62 Å². The Bertz CT molecular complexity index is 1100. The van der Waals surface area contributed by atoms with Crippen LogP contribution in [0.5, 0.6) is 0 Å². The van der Waals surface area contributed by atoms with Crippen molar-refractivity contribution in [3.63, 3.8) is 0 Å². The second-order valence-corrected chi connectivity index (χ2v) is 9.26. The molecular formula is C23H24N2O3S. The van der Waals surface area contributed by atoms with Gasteiger partial charge >= 0.3 is 0 Å². The monoisotopic (exact) mass is 408 g/mol. The van der Waals surface area contributed by atoms with Crippen LogP contribution in [-0.2, 0) is 14.8 Å². The largest absolute Gasteiger partial charge is 0.348 e. The van der Waals surface area contributed by atoms with Crippen LogP contribution in [0.3, 0.4) is 0 Å². The molecule has 6 heteroatoms. The molecule has 4 rings (SSSR count). The number of fused-ring (bicyclic) bond motifs is 1. The second kappa shape index (κ2) is 7.87. The Kier molecular flexibility index (Phi) is 5.28. The summed E-state index contributed by atoms with van der Waals surface area (Å²) in [5.74, 6) is -0.559. The number of carbonyl (C=O) groups excluding carboxylic acids is 1. The molecule has 0 saturated heterocycles. The number of para-hydroxylation sites is 1. The molecule has 1 aliphatic carbocycles. The maximum Gasteiger partial charge on any atom is 0.270 e. The van der Waals surface area contributed by atoms with E-state index in [2.05, 4.69) is 11.4 Å². The number of sulfonamides is 1. The third-order valence-corrected chi connectivity index (χ3v) is 7.31. The molecular weight excluding hydrogens is 384 g/mol. The van der Waals surface area contributed by atoms with Crippen LogP contribution in [0.15, 0.2) is 71.2 Å². The summed E-state index contributed by atoms with van der Waals surface area (Å²) < 4.78 is 27.9. The number of amides is 1. The van der Waals surface area contributed by atoms with Gasteiger partial charge in [0.1, 0.15) is 0 Å². The molecule has 0 unspecified atom stereocenters. The van der Waals surface area contributed by atoms with Crippen LogP contribution in [0.1, 0.15) is 36.8 Å². The van der Waals surface area contributed by atoms with Gasteiger partial charge in [-0.1, -0.05) is 60.2 Å². The van der Waals surface area contributed by atoms with Gasteiger partial charge in [0, 0.05) is 24.7 Å². The van der Waals surface area contributed by atoms with Crippen molar-refractivity contribution in [1.29, 1.82) is 0 Å². The number of nitrogens with one attached hydrogen (secondary N) is 1. The highest BCUT2D eigenvalue weighted by atomic mass is 32.2. The Labute approximate surface area is 171 Å². The number of hydrogen-bond acceptors (Lipinski definition) is 3. The molecule has 1 N–H and O–H groups in total. The Morgan fingerprint density at radius 1 is 1.03 bits per heavy atom. The summed E-state index contributed by atoms with van der Waals surface area (Å²) in [5, 5.41) is 2.86. The molecule has 2 aliphatic rings. The highest BCUT2D eigenvalue weighted by Gasteiger charge is 2.39. The van der Waals surface area contributed by atoms with Gasteiger partial charge in [0.2, 0.25) is 0 Å². The van der Waals surface area contributed by atoms with Gasteiger partial charge in [-0.2, -0.15) is 0 Å². The smallest absolute Gasteiger partial charge is 0.270 e. The molecule has 1 heterocycles. The van der Waals surface area contributed by atoms with Gasteiger partial charge in [-0.05, 0) is 37.3 Å². The first kappa shape index (κ1) is 19.5. The van der Waals surface area contributed by atoms with E-state index in [1.807, 2.05) is 42.5 Å². The number of carbonyl (C=O) groups is 1. The second-order valence-electron chi connectivity index (χ2n) is 7.35. The number of allylic oxidation sites excluding steroid dienone is 1. The molecule has 0 atom stereocenters. The van der Waals surface area contributed by atoms with Crippen molar-refractivity contribution >= 4 is 27.2 Å². The first-order valence-corrected chi connectivity index (χ1v) is 11.3. The molecule has 0 radical (unpaired) electrons. The number of rotatable bonds is 4. The van der Waals surface area contributed by atoms with Gasteiger partial charge in [0.05, 0.1) is 5.69 Å². The van der Waals surface area contributed by atoms with Gasteiger partial charge in [0.15, 0.2) is 4.91 Å². The van der Waals surface area contributed by atoms with Crippen LogP contribution >= 0.6 is 0 Å². The predicted molar refractivity (Wildman–Crippen MR) is 116 cm³/mol. The van der Waals surface area contributed by atoms with Crippen LogP contribution in [0.4, 0.5) is 5.69 Å². The molecule has 2 aromatic carbocycles. The maximum absolute atomic E-state index is 13.3. The lowest BCUT2D eigenvalue weighted by molar-refractivity contribution is -0.116. The quantitative estimate of drug-likeness (QED) is 0.782. The molecule has 2 aromatic rings. The van der Waals surface area contributed by atoms with Crippen molar-refractivity contribution < 1.29 is 13.2 Å². The van der Waals surface area contributed by atoms with Crippen molar-refractivity contribution in [1.82, 2.24) is 5.32 Å². The zero-order valence-corrected chi connectivity index (χ0v) is 17.2. The molecule has 5 nitrogen and oxygen atoms in total. The third-order valence-electron chi connectivity index (χ3n) is 5.49. The highest BCUT2D eigenvalue weighted by Crippen LogP contribution is 2.41. The standard InChI is InChI=1S/C23H24N2O3S/c1-25-20-15-9-8-14-19(20)21(18-12-6-3-7-13-18)22(29(25,27)28)23(26)24-16-17-10-4-2-5-11-17/h3,6-10,12-15H,2,4-5,11,16H2,1H3,(H,24,26). The van der Waals surface area contributed by atoms with Crippen LogP contribution in [0.2, 0.25) is 0 Å². The van der Waals surface area contributed by atoms with Crippen molar-refractivity contribution in [2.24, 2.45) is 0 Å². The molecule has 1 amide bonds. The van der Waals surface area contributed by atoms with E-state index in [0.29, 0.717) is 23.4 Å². The zero-order chi connectivity index (χ0) is 20.4. The van der Waals surface area contributed by atoms with Crippen molar-refractivity contribution in [3.8, 4) is 0 Å². The summed E-state index contributed by atoms with van der Waals surface area (Å²) in [7, 11) is -2.49. The molecule has 0 bridgehead atoms. The topological polar surface area (TPSA) is 66.5 Å². The van der Waals surface area contributed by atoms with Crippen LogP contribution in [0.25, 0.3) is 5.57 Å². The Balaban J connectivity index is 1.84. The summed E-state index contributed by atoms with van der Waals surface area (Å²) >= 11 is 0. The number of anilines is 1. The fourth-order valence-corrected chi connectivity index (χ4v) is 5.42. The van der Waals surface area contributed by atoms with Crippen LogP contribution in [0, 0.1) is 0 Å². The fourth-order valence-electron chi connectivity index (χ4n) is 3.94. The lowest BCUT2D eigenvalue weighted by Crippen LogP contribution is -2.40. The third kappa shape index (κ3) is 3.60. The SMILES string of the molecule is CN1c2ccccc2C(c2ccccc2)=C(C(=O)NCC2=CCCCC2)S1(=O)=O. The molecule has 0 saturated carbocycles. The van der Waals surface area contributed by atoms with E-state index in [0.717, 1.165) is 36.8 Å². The van der Waals surface area contributed by atoms with E-state index < -0.39 is 15.9 Å². The summed E-state index contributed by atoms with van der Waals surface area (Å²) in [6.07, 6.45) is 6.37. The van der Waals surface area contributed by atoms with Gasteiger partial charge in [-0.15, -0.1) is 0 Å². The summed E-state index contributed by atoms with van der Waals surface area (Å²) in [5.41, 5.74) is 3.62. The summed E-state index contributed by atoms with van der Waals surface area (Å²) in [6.45, 7) is 0.380. The average Bonchev–Trinajstić information content (AvgIpc) is 2.76. The summed E-state index contributed by atoms with van der Waals surface area (Å²) in [6, 6.07) is 16.5. The average molecular weight is 409 g/mol. The minimum Gasteiger partial charge on any atom is -0.348 e. The van der Waals surface area contributed by atoms with Gasteiger partial charge < -0.3 is 5.32 Å². The predicted octanol–water partition coefficient (Wildman–Crippen LogP) is 3.84. The van der Waals surface area contributed by atoms with E-state index in [1.54, 1.807) is 12.1 Å².